The van der Waals surface area contributed by atoms with Crippen LogP contribution in [0.3, 0.4) is 0 Å². The molecule has 0 aliphatic carbocycles. The van der Waals surface area contributed by atoms with Crippen molar-refractivity contribution in [3.05, 3.63) is 41.2 Å². The maximum atomic E-state index is 13.0. The van der Waals surface area contributed by atoms with Crippen LogP contribution in [0.5, 0.6) is 0 Å². The maximum Gasteiger partial charge on any atom is 0.273 e. The van der Waals surface area contributed by atoms with E-state index in [0.717, 1.165) is 37.1 Å². The molecule has 2 aliphatic heterocycles. The Kier molecular flexibility index (Phi) is 6.88. The van der Waals surface area contributed by atoms with Crippen LogP contribution in [0.15, 0.2) is 24.3 Å². The maximum absolute atomic E-state index is 13.0. The minimum atomic E-state index is -0.0858. The molecule has 0 spiro atoms. The summed E-state index contributed by atoms with van der Waals surface area (Å²) in [4.78, 5) is 13.0. The van der Waals surface area contributed by atoms with Gasteiger partial charge >= 0.3 is 0 Å². The predicted molar refractivity (Wildman–Crippen MR) is 122 cm³/mol. The van der Waals surface area contributed by atoms with Crippen LogP contribution in [0.2, 0.25) is 0 Å². The lowest BCUT2D eigenvalue weighted by atomic mass is 9.87. The van der Waals surface area contributed by atoms with E-state index in [1.54, 1.807) is 0 Å². The molecule has 3 heterocycles. The number of halogens is 1. The van der Waals surface area contributed by atoms with Gasteiger partial charge in [-0.1, -0.05) is 51.5 Å². The third kappa shape index (κ3) is 4.70. The van der Waals surface area contributed by atoms with Crippen molar-refractivity contribution in [3.63, 3.8) is 0 Å². The van der Waals surface area contributed by atoms with Gasteiger partial charge in [0.25, 0.3) is 5.91 Å². The molecular weight excluding hydrogens is 398 g/mol. The van der Waals surface area contributed by atoms with Crippen LogP contribution >= 0.6 is 12.4 Å². The first kappa shape index (κ1) is 22.8. The number of benzene rings is 1. The number of amides is 1. The highest BCUT2D eigenvalue weighted by Gasteiger charge is 2.34. The highest BCUT2D eigenvalue weighted by atomic mass is 35.5. The average Bonchev–Trinajstić information content (AvgIpc) is 3.24. The van der Waals surface area contributed by atoms with Crippen LogP contribution in [0, 0.1) is 0 Å². The zero-order chi connectivity index (χ0) is 20.6. The molecule has 7 heteroatoms. The Labute approximate surface area is 185 Å². The van der Waals surface area contributed by atoms with Crippen molar-refractivity contribution in [1.82, 2.24) is 25.6 Å². The Bertz CT molecular complexity index is 859. The molecule has 2 aromatic rings. The summed E-state index contributed by atoms with van der Waals surface area (Å²) in [6.07, 6.45) is 6.17. The number of nitrogens with zero attached hydrogens (tertiary/aromatic N) is 3. The number of carbonyl (C=O) groups is 1. The van der Waals surface area contributed by atoms with Crippen molar-refractivity contribution >= 4 is 18.3 Å². The monoisotopic (exact) mass is 431 g/mol. The van der Waals surface area contributed by atoms with Gasteiger partial charge < -0.3 is 10.6 Å². The highest BCUT2D eigenvalue weighted by molar-refractivity contribution is 5.93. The van der Waals surface area contributed by atoms with E-state index in [2.05, 4.69) is 72.9 Å². The molecule has 164 valence electrons. The second-order valence-electron chi connectivity index (χ2n) is 9.62. The Morgan fingerprint density at radius 1 is 1.17 bits per heavy atom. The summed E-state index contributed by atoms with van der Waals surface area (Å²) >= 11 is 0. The summed E-state index contributed by atoms with van der Waals surface area (Å²) in [5.41, 5.74) is 3.69. The van der Waals surface area contributed by atoms with Gasteiger partial charge in [0.05, 0.1) is 11.4 Å². The van der Waals surface area contributed by atoms with E-state index in [0.29, 0.717) is 17.8 Å². The van der Waals surface area contributed by atoms with Gasteiger partial charge in [-0.25, -0.2) is 4.68 Å². The third-order valence-electron chi connectivity index (χ3n) is 6.25. The zero-order valence-electron chi connectivity index (χ0n) is 18.4. The van der Waals surface area contributed by atoms with E-state index in [-0.39, 0.29) is 29.8 Å². The van der Waals surface area contributed by atoms with Gasteiger partial charge in [-0.2, -0.15) is 0 Å². The molecule has 2 N–H and O–H groups in total. The largest absolute Gasteiger partial charge is 0.348 e. The van der Waals surface area contributed by atoms with E-state index in [4.69, 9.17) is 0 Å². The molecule has 4 rings (SSSR count). The number of nitrogens with one attached hydrogen (secondary N) is 2. The summed E-state index contributed by atoms with van der Waals surface area (Å²) in [7, 11) is 0. The molecule has 30 heavy (non-hydrogen) atoms. The lowest BCUT2D eigenvalue weighted by Gasteiger charge is -2.29. The van der Waals surface area contributed by atoms with Gasteiger partial charge in [0.15, 0.2) is 5.69 Å². The molecule has 0 radical (unpaired) electrons. The molecule has 6 nitrogen and oxygen atoms in total. The second kappa shape index (κ2) is 9.06. The number of fused-ring (bicyclic) bond motifs is 2. The first-order chi connectivity index (χ1) is 13.8. The standard InChI is InChI=1S/C23H33N5O.ClH/c1-5-6-20-21(22(29)25-18-13-16-9-10-17(14-18)24-16)26-27-28(20)19-11-7-15(8-12-19)23(2,3)4;/h7-8,11-12,16-18,24H,5-6,9-10,13-14H2,1-4H3,(H,25,29);1H. The molecule has 1 aromatic heterocycles. The fourth-order valence-electron chi connectivity index (χ4n) is 4.68. The van der Waals surface area contributed by atoms with Crippen molar-refractivity contribution in [3.8, 4) is 5.69 Å². The Hall–Kier alpha value is -1.92. The van der Waals surface area contributed by atoms with Crippen molar-refractivity contribution < 1.29 is 4.79 Å². The van der Waals surface area contributed by atoms with E-state index < -0.39 is 0 Å². The molecule has 1 amide bonds. The molecular formula is C23H34ClN5O. The predicted octanol–water partition coefficient (Wildman–Crippen LogP) is 3.95. The zero-order valence-corrected chi connectivity index (χ0v) is 19.3. The fourth-order valence-corrected chi connectivity index (χ4v) is 4.68. The lowest BCUT2D eigenvalue weighted by molar-refractivity contribution is 0.0917. The van der Waals surface area contributed by atoms with Crippen molar-refractivity contribution in [2.24, 2.45) is 0 Å². The minimum absolute atomic E-state index is 0. The van der Waals surface area contributed by atoms with Gasteiger partial charge in [-0.15, -0.1) is 17.5 Å². The smallest absolute Gasteiger partial charge is 0.273 e. The van der Waals surface area contributed by atoms with Crippen molar-refractivity contribution in [2.45, 2.75) is 89.8 Å². The van der Waals surface area contributed by atoms with Crippen molar-refractivity contribution in [2.75, 3.05) is 0 Å². The third-order valence-corrected chi connectivity index (χ3v) is 6.25. The summed E-state index contributed by atoms with van der Waals surface area (Å²) in [5.74, 6) is -0.0858. The Morgan fingerprint density at radius 3 is 2.37 bits per heavy atom. The van der Waals surface area contributed by atoms with Gasteiger partial charge in [-0.3, -0.25) is 4.79 Å². The Balaban J connectivity index is 0.00000256. The fraction of sp³-hybridized carbons (Fsp3) is 0.609. The number of hydrogen-bond acceptors (Lipinski definition) is 4. The molecule has 2 fully saturated rings. The summed E-state index contributed by atoms with van der Waals surface area (Å²) in [6.45, 7) is 8.73. The summed E-state index contributed by atoms with van der Waals surface area (Å²) in [5, 5.41) is 15.5. The second-order valence-corrected chi connectivity index (χ2v) is 9.62. The summed E-state index contributed by atoms with van der Waals surface area (Å²) < 4.78 is 1.83. The lowest BCUT2D eigenvalue weighted by Crippen LogP contribution is -2.48. The van der Waals surface area contributed by atoms with Gasteiger partial charge in [0.1, 0.15) is 0 Å². The Morgan fingerprint density at radius 2 is 1.80 bits per heavy atom. The number of rotatable bonds is 5. The first-order valence-corrected chi connectivity index (χ1v) is 11.0. The van der Waals surface area contributed by atoms with Crippen molar-refractivity contribution in [1.29, 1.82) is 0 Å². The quantitative estimate of drug-likeness (QED) is 0.751. The highest BCUT2D eigenvalue weighted by Crippen LogP contribution is 2.27. The van der Waals surface area contributed by atoms with Gasteiger partial charge in [0, 0.05) is 18.1 Å². The molecule has 0 saturated carbocycles. The molecule has 2 unspecified atom stereocenters. The number of aromatic nitrogens is 3. The first-order valence-electron chi connectivity index (χ1n) is 11.0. The van der Waals surface area contributed by atoms with Crippen LogP contribution in [0.4, 0.5) is 0 Å². The number of carbonyl (C=O) groups excluding carboxylic acids is 1. The normalized spacial score (nSPS) is 23.1. The minimum Gasteiger partial charge on any atom is -0.348 e. The van der Waals surface area contributed by atoms with Crippen LogP contribution in [0.1, 0.15) is 81.5 Å². The average molecular weight is 432 g/mol. The SMILES string of the molecule is CCCc1c(C(=O)NC2CC3CCC(C2)N3)nnn1-c1ccc(C(C)(C)C)cc1.Cl. The van der Waals surface area contributed by atoms with Crippen LogP contribution in [0.25, 0.3) is 5.69 Å². The number of piperidine rings is 1. The summed E-state index contributed by atoms with van der Waals surface area (Å²) in [6, 6.07) is 9.74. The van der Waals surface area contributed by atoms with Gasteiger partial charge in [-0.05, 0) is 55.2 Å². The molecule has 2 aliphatic rings. The van der Waals surface area contributed by atoms with E-state index >= 15 is 0 Å². The molecule has 2 atom stereocenters. The van der Waals surface area contributed by atoms with E-state index in [1.807, 2.05) is 4.68 Å². The van der Waals surface area contributed by atoms with E-state index in [9.17, 15) is 4.79 Å². The topological polar surface area (TPSA) is 71.8 Å². The van der Waals surface area contributed by atoms with Gasteiger partial charge in [0.2, 0.25) is 0 Å². The number of hydrogen-bond donors (Lipinski definition) is 2. The molecule has 2 bridgehead atoms. The van der Waals surface area contributed by atoms with Crippen LogP contribution in [-0.4, -0.2) is 39.0 Å². The molecule has 1 aromatic carbocycles. The van der Waals surface area contributed by atoms with E-state index in [1.165, 1.54) is 18.4 Å². The van der Waals surface area contributed by atoms with Crippen LogP contribution < -0.4 is 10.6 Å². The van der Waals surface area contributed by atoms with Crippen LogP contribution in [-0.2, 0) is 11.8 Å². The molecule has 2 saturated heterocycles.